The van der Waals surface area contributed by atoms with Crippen molar-refractivity contribution in [3.05, 3.63) is 84.8 Å². The van der Waals surface area contributed by atoms with Crippen LogP contribution in [0, 0.1) is 33.0 Å². The quantitative estimate of drug-likeness (QED) is 0.458. The second-order valence-electron chi connectivity index (χ2n) is 7.07. The van der Waals surface area contributed by atoms with Crippen LogP contribution in [0.15, 0.2) is 40.9 Å². The Kier molecular flexibility index (Phi) is 4.93. The Balaban J connectivity index is 1.68. The van der Waals surface area contributed by atoms with E-state index in [0.717, 1.165) is 12.1 Å². The minimum absolute atomic E-state index is 0.0971. The largest absolute Gasteiger partial charge is 0.356 e. The van der Waals surface area contributed by atoms with Gasteiger partial charge in [-0.05, 0) is 31.2 Å². The van der Waals surface area contributed by atoms with E-state index in [1.165, 1.54) is 36.1 Å². The van der Waals surface area contributed by atoms with Crippen LogP contribution in [0.2, 0.25) is 0 Å². The number of fused-ring (bicyclic) bond motifs is 1. The third-order valence-corrected chi connectivity index (χ3v) is 5.22. The molecule has 3 aromatic rings. The molecular formula is C20H15FN4O6. The molecule has 2 heterocycles. The molecule has 0 atom stereocenters. The van der Waals surface area contributed by atoms with Crippen molar-refractivity contribution in [1.29, 1.82) is 0 Å². The van der Waals surface area contributed by atoms with Gasteiger partial charge in [-0.1, -0.05) is 5.16 Å². The molecule has 4 rings (SSSR count). The molecule has 0 fully saturated rings. The molecule has 11 heteroatoms. The van der Waals surface area contributed by atoms with Gasteiger partial charge in [-0.15, -0.1) is 0 Å². The van der Waals surface area contributed by atoms with Crippen LogP contribution in [0.1, 0.15) is 27.2 Å². The summed E-state index contributed by atoms with van der Waals surface area (Å²) in [6.45, 7) is 1.63. The second-order valence-corrected chi connectivity index (χ2v) is 7.07. The molecule has 0 bridgehead atoms. The fraction of sp³-hybridized carbons (Fsp3) is 0.200. The lowest BCUT2D eigenvalue weighted by molar-refractivity contribution is -0.395. The van der Waals surface area contributed by atoms with Gasteiger partial charge < -0.3 is 9.42 Å². The van der Waals surface area contributed by atoms with Crippen molar-refractivity contribution in [3.63, 3.8) is 0 Å². The summed E-state index contributed by atoms with van der Waals surface area (Å²) >= 11 is 0. The SMILES string of the molecule is Cc1c([N+](=O)[O-])cc(C(=O)N2CCc3noc(-c4ccc(F)cc4)c3C2)cc1[N+](=O)[O-]. The van der Waals surface area contributed by atoms with Gasteiger partial charge in [-0.3, -0.25) is 25.0 Å². The van der Waals surface area contributed by atoms with Gasteiger partial charge in [0.25, 0.3) is 17.3 Å². The number of hydrogen-bond acceptors (Lipinski definition) is 7. The third kappa shape index (κ3) is 3.61. The van der Waals surface area contributed by atoms with E-state index in [2.05, 4.69) is 5.16 Å². The van der Waals surface area contributed by atoms with Crippen molar-refractivity contribution < 1.29 is 23.6 Å². The average molecular weight is 426 g/mol. The fourth-order valence-electron chi connectivity index (χ4n) is 3.58. The fourth-order valence-corrected chi connectivity index (χ4v) is 3.58. The Hall–Kier alpha value is -4.15. The van der Waals surface area contributed by atoms with Gasteiger partial charge in [-0.2, -0.15) is 0 Å². The van der Waals surface area contributed by atoms with Crippen molar-refractivity contribution in [2.45, 2.75) is 19.9 Å². The highest BCUT2D eigenvalue weighted by molar-refractivity contribution is 5.96. The first-order valence-electron chi connectivity index (χ1n) is 9.22. The molecular weight excluding hydrogens is 411 g/mol. The summed E-state index contributed by atoms with van der Waals surface area (Å²) in [6, 6.07) is 7.72. The molecule has 0 unspecified atom stereocenters. The smallest absolute Gasteiger partial charge is 0.279 e. The minimum atomic E-state index is -0.750. The highest BCUT2D eigenvalue weighted by Gasteiger charge is 2.31. The van der Waals surface area contributed by atoms with Crippen LogP contribution in [-0.2, 0) is 13.0 Å². The number of amides is 1. The van der Waals surface area contributed by atoms with Gasteiger partial charge in [0.1, 0.15) is 11.4 Å². The molecule has 0 aliphatic carbocycles. The van der Waals surface area contributed by atoms with E-state index in [1.54, 1.807) is 0 Å². The van der Waals surface area contributed by atoms with Crippen LogP contribution in [0.3, 0.4) is 0 Å². The normalized spacial score (nSPS) is 13.0. The zero-order valence-electron chi connectivity index (χ0n) is 16.2. The number of aromatic nitrogens is 1. The molecule has 0 saturated carbocycles. The molecule has 1 aromatic heterocycles. The first-order valence-corrected chi connectivity index (χ1v) is 9.22. The number of nitro benzene ring substituents is 2. The summed E-state index contributed by atoms with van der Waals surface area (Å²) in [4.78, 5) is 35.6. The molecule has 0 saturated heterocycles. The standard InChI is InChI=1S/C20H15FN4O6/c1-11-17(24(27)28)8-13(9-18(11)25(29)30)20(26)23-7-6-16-15(10-23)19(31-22-16)12-2-4-14(21)5-3-12/h2-5,8-9H,6-7,10H2,1H3. The van der Waals surface area contributed by atoms with E-state index in [-0.39, 0.29) is 24.2 Å². The van der Waals surface area contributed by atoms with Crippen molar-refractivity contribution in [3.8, 4) is 11.3 Å². The molecule has 1 amide bonds. The highest BCUT2D eigenvalue weighted by Crippen LogP contribution is 2.33. The molecule has 1 aliphatic rings. The number of nitrogens with zero attached hydrogens (tertiary/aromatic N) is 4. The zero-order valence-corrected chi connectivity index (χ0v) is 16.2. The Morgan fingerprint density at radius 1 is 1.13 bits per heavy atom. The van der Waals surface area contributed by atoms with Gasteiger partial charge in [0.15, 0.2) is 5.76 Å². The summed E-state index contributed by atoms with van der Waals surface area (Å²) in [7, 11) is 0. The van der Waals surface area contributed by atoms with Crippen molar-refractivity contribution in [1.82, 2.24) is 10.1 Å². The zero-order chi connectivity index (χ0) is 22.3. The first kappa shape index (κ1) is 20.1. The number of carbonyl (C=O) groups is 1. The molecule has 10 nitrogen and oxygen atoms in total. The molecule has 0 radical (unpaired) electrons. The lowest BCUT2D eigenvalue weighted by Gasteiger charge is -2.26. The lowest BCUT2D eigenvalue weighted by Crippen LogP contribution is -2.36. The molecule has 158 valence electrons. The van der Waals surface area contributed by atoms with Gasteiger partial charge in [0.2, 0.25) is 0 Å². The molecule has 0 spiro atoms. The predicted molar refractivity (Wildman–Crippen MR) is 105 cm³/mol. The Labute approximate surface area is 174 Å². The summed E-state index contributed by atoms with van der Waals surface area (Å²) < 4.78 is 18.6. The van der Waals surface area contributed by atoms with Crippen molar-refractivity contribution in [2.75, 3.05) is 6.54 Å². The van der Waals surface area contributed by atoms with Crippen molar-refractivity contribution in [2.24, 2.45) is 0 Å². The maximum absolute atomic E-state index is 13.2. The highest BCUT2D eigenvalue weighted by atomic mass is 19.1. The number of rotatable bonds is 4. The van der Waals surface area contributed by atoms with Crippen LogP contribution >= 0.6 is 0 Å². The monoisotopic (exact) mass is 426 g/mol. The van der Waals surface area contributed by atoms with Crippen molar-refractivity contribution >= 4 is 17.3 Å². The summed E-state index contributed by atoms with van der Waals surface area (Å²) in [5.41, 5.74) is 0.634. The van der Waals surface area contributed by atoms with Crippen LogP contribution in [0.25, 0.3) is 11.3 Å². The van der Waals surface area contributed by atoms with Gasteiger partial charge in [0.05, 0.1) is 27.6 Å². The van der Waals surface area contributed by atoms with Crippen LogP contribution in [0.5, 0.6) is 0 Å². The first-order chi connectivity index (χ1) is 14.8. The Morgan fingerprint density at radius 2 is 1.74 bits per heavy atom. The number of carbonyl (C=O) groups excluding carboxylic acids is 1. The maximum atomic E-state index is 13.2. The average Bonchev–Trinajstić information content (AvgIpc) is 3.16. The van der Waals surface area contributed by atoms with Crippen LogP contribution in [-0.4, -0.2) is 32.4 Å². The Morgan fingerprint density at radius 3 is 2.32 bits per heavy atom. The summed E-state index contributed by atoms with van der Waals surface area (Å²) in [6.07, 6.45) is 0.377. The van der Waals surface area contributed by atoms with Crippen LogP contribution < -0.4 is 0 Å². The number of hydrogen-bond donors (Lipinski definition) is 0. The van der Waals surface area contributed by atoms with Gasteiger partial charge in [-0.25, -0.2) is 4.39 Å². The van der Waals surface area contributed by atoms with Gasteiger partial charge >= 0.3 is 0 Å². The third-order valence-electron chi connectivity index (χ3n) is 5.22. The summed E-state index contributed by atoms with van der Waals surface area (Å²) in [5.74, 6) is -0.590. The van der Waals surface area contributed by atoms with E-state index < -0.39 is 32.9 Å². The molecule has 0 N–H and O–H groups in total. The van der Waals surface area contributed by atoms with Crippen LogP contribution in [0.4, 0.5) is 15.8 Å². The number of nitro groups is 2. The molecule has 31 heavy (non-hydrogen) atoms. The van der Waals surface area contributed by atoms with E-state index >= 15 is 0 Å². The second kappa shape index (κ2) is 7.59. The topological polar surface area (TPSA) is 133 Å². The van der Waals surface area contributed by atoms with Gasteiger partial charge in [0, 0.05) is 36.2 Å². The summed E-state index contributed by atoms with van der Waals surface area (Å²) in [5, 5.41) is 26.6. The van der Waals surface area contributed by atoms with E-state index in [4.69, 9.17) is 4.52 Å². The minimum Gasteiger partial charge on any atom is -0.356 e. The lowest BCUT2D eigenvalue weighted by atomic mass is 10.00. The molecule has 2 aromatic carbocycles. The number of benzene rings is 2. The van der Waals surface area contributed by atoms with E-state index in [1.807, 2.05) is 0 Å². The maximum Gasteiger partial charge on any atom is 0.279 e. The Bertz CT molecular complexity index is 1190. The molecule has 1 aliphatic heterocycles. The van der Waals surface area contributed by atoms with E-state index in [0.29, 0.717) is 29.0 Å². The predicted octanol–water partition coefficient (Wildman–Crippen LogP) is 3.80. The van der Waals surface area contributed by atoms with E-state index in [9.17, 15) is 29.4 Å². The number of halogens is 1.